The van der Waals surface area contributed by atoms with Gasteiger partial charge in [0.15, 0.2) is 0 Å². The topological polar surface area (TPSA) is 29.3 Å². The first-order valence-electron chi connectivity index (χ1n) is 7.98. The summed E-state index contributed by atoms with van der Waals surface area (Å²) in [5.41, 5.74) is 9.67. The van der Waals surface area contributed by atoms with Crippen LogP contribution < -0.4 is 10.6 Å². The standard InChI is InChI=1S/C18H32N2/c1-14(2)8-10-20(11-9-15(3)4)18-7-6-17(13-19)16(5)12-18/h6-7,12,14-15H,8-11,13,19H2,1-5H3. The van der Waals surface area contributed by atoms with Crippen LogP contribution in [-0.4, -0.2) is 13.1 Å². The molecule has 114 valence electrons. The summed E-state index contributed by atoms with van der Waals surface area (Å²) in [5, 5.41) is 0. The van der Waals surface area contributed by atoms with Crippen LogP contribution in [0.5, 0.6) is 0 Å². The van der Waals surface area contributed by atoms with Crippen molar-refractivity contribution >= 4 is 5.69 Å². The summed E-state index contributed by atoms with van der Waals surface area (Å²) in [6.07, 6.45) is 2.49. The van der Waals surface area contributed by atoms with Crippen LogP contribution in [-0.2, 0) is 6.54 Å². The number of anilines is 1. The van der Waals surface area contributed by atoms with Gasteiger partial charge in [-0.2, -0.15) is 0 Å². The van der Waals surface area contributed by atoms with E-state index in [-0.39, 0.29) is 0 Å². The number of rotatable bonds is 8. The van der Waals surface area contributed by atoms with Gasteiger partial charge in [0.25, 0.3) is 0 Å². The Morgan fingerprint density at radius 1 is 1.00 bits per heavy atom. The van der Waals surface area contributed by atoms with Gasteiger partial charge in [0, 0.05) is 25.3 Å². The third-order valence-corrected chi connectivity index (χ3v) is 3.86. The van der Waals surface area contributed by atoms with Crippen molar-refractivity contribution in [3.05, 3.63) is 29.3 Å². The molecule has 1 aromatic rings. The normalized spacial score (nSPS) is 11.4. The average molecular weight is 276 g/mol. The van der Waals surface area contributed by atoms with Crippen molar-refractivity contribution in [2.45, 2.75) is 54.0 Å². The first kappa shape index (κ1) is 17.0. The van der Waals surface area contributed by atoms with Gasteiger partial charge in [0.2, 0.25) is 0 Å². The second-order valence-electron chi connectivity index (χ2n) is 6.67. The molecule has 0 saturated heterocycles. The van der Waals surface area contributed by atoms with Crippen molar-refractivity contribution in [1.82, 2.24) is 0 Å². The predicted molar refractivity (Wildman–Crippen MR) is 90.2 cm³/mol. The molecule has 0 aromatic heterocycles. The fourth-order valence-corrected chi connectivity index (χ4v) is 2.30. The van der Waals surface area contributed by atoms with Crippen molar-refractivity contribution in [2.75, 3.05) is 18.0 Å². The van der Waals surface area contributed by atoms with E-state index in [4.69, 9.17) is 5.73 Å². The van der Waals surface area contributed by atoms with Crippen LogP contribution in [0.25, 0.3) is 0 Å². The first-order chi connectivity index (χ1) is 9.43. The van der Waals surface area contributed by atoms with Gasteiger partial charge < -0.3 is 10.6 Å². The Morgan fingerprint density at radius 2 is 1.55 bits per heavy atom. The van der Waals surface area contributed by atoms with Gasteiger partial charge in [-0.3, -0.25) is 0 Å². The van der Waals surface area contributed by atoms with E-state index < -0.39 is 0 Å². The monoisotopic (exact) mass is 276 g/mol. The molecule has 0 atom stereocenters. The van der Waals surface area contributed by atoms with E-state index in [9.17, 15) is 0 Å². The van der Waals surface area contributed by atoms with Crippen LogP contribution in [0.1, 0.15) is 51.7 Å². The first-order valence-corrected chi connectivity index (χ1v) is 7.98. The molecule has 0 amide bonds. The Hall–Kier alpha value is -1.02. The van der Waals surface area contributed by atoms with Crippen molar-refractivity contribution in [3.8, 4) is 0 Å². The van der Waals surface area contributed by atoms with Gasteiger partial charge in [-0.1, -0.05) is 33.8 Å². The number of nitrogens with two attached hydrogens (primary N) is 1. The van der Waals surface area contributed by atoms with Crippen molar-refractivity contribution in [2.24, 2.45) is 17.6 Å². The largest absolute Gasteiger partial charge is 0.372 e. The number of aryl methyl sites for hydroxylation is 1. The molecule has 0 spiro atoms. The highest BCUT2D eigenvalue weighted by atomic mass is 15.1. The third kappa shape index (κ3) is 5.54. The van der Waals surface area contributed by atoms with E-state index in [1.165, 1.54) is 29.7 Å². The van der Waals surface area contributed by atoms with Gasteiger partial charge in [-0.15, -0.1) is 0 Å². The van der Waals surface area contributed by atoms with Crippen molar-refractivity contribution in [3.63, 3.8) is 0 Å². The van der Waals surface area contributed by atoms with E-state index in [2.05, 4.69) is 57.7 Å². The summed E-state index contributed by atoms with van der Waals surface area (Å²) in [5.74, 6) is 1.50. The van der Waals surface area contributed by atoms with E-state index in [0.717, 1.165) is 24.9 Å². The summed E-state index contributed by atoms with van der Waals surface area (Å²) in [6.45, 7) is 14.3. The maximum absolute atomic E-state index is 5.76. The van der Waals surface area contributed by atoms with Gasteiger partial charge in [0.1, 0.15) is 0 Å². The number of benzene rings is 1. The van der Waals surface area contributed by atoms with Crippen molar-refractivity contribution in [1.29, 1.82) is 0 Å². The van der Waals surface area contributed by atoms with Gasteiger partial charge >= 0.3 is 0 Å². The molecule has 2 heteroatoms. The zero-order valence-electron chi connectivity index (χ0n) is 13.9. The van der Waals surface area contributed by atoms with E-state index in [1.54, 1.807) is 0 Å². The quantitative estimate of drug-likeness (QED) is 0.764. The lowest BCUT2D eigenvalue weighted by molar-refractivity contribution is 0.535. The van der Waals surface area contributed by atoms with Crippen LogP contribution in [0.2, 0.25) is 0 Å². The molecular formula is C18H32N2. The molecule has 0 aliphatic heterocycles. The Morgan fingerprint density at radius 3 is 1.95 bits per heavy atom. The lowest BCUT2D eigenvalue weighted by atomic mass is 10.1. The molecule has 0 aliphatic carbocycles. The molecule has 0 bridgehead atoms. The van der Waals surface area contributed by atoms with Gasteiger partial charge in [-0.25, -0.2) is 0 Å². The molecule has 20 heavy (non-hydrogen) atoms. The molecule has 0 unspecified atom stereocenters. The summed E-state index contributed by atoms with van der Waals surface area (Å²) in [6, 6.07) is 6.71. The highest BCUT2D eigenvalue weighted by Gasteiger charge is 2.10. The smallest absolute Gasteiger partial charge is 0.0369 e. The summed E-state index contributed by atoms with van der Waals surface area (Å²) < 4.78 is 0. The molecule has 0 fully saturated rings. The Kier molecular flexibility index (Phi) is 7.08. The predicted octanol–water partition coefficient (Wildman–Crippen LogP) is 4.35. The number of hydrogen-bond donors (Lipinski definition) is 1. The maximum atomic E-state index is 5.76. The minimum absolute atomic E-state index is 0.629. The number of nitrogens with zero attached hydrogens (tertiary/aromatic N) is 1. The minimum Gasteiger partial charge on any atom is -0.372 e. The number of hydrogen-bond acceptors (Lipinski definition) is 2. The molecular weight excluding hydrogens is 244 g/mol. The highest BCUT2D eigenvalue weighted by molar-refractivity contribution is 5.50. The second kappa shape index (κ2) is 8.31. The van der Waals surface area contributed by atoms with Crippen LogP contribution >= 0.6 is 0 Å². The molecule has 0 radical (unpaired) electrons. The lowest BCUT2D eigenvalue weighted by Gasteiger charge is -2.27. The van der Waals surface area contributed by atoms with Gasteiger partial charge in [0.05, 0.1) is 0 Å². The van der Waals surface area contributed by atoms with E-state index in [1.807, 2.05) is 0 Å². The van der Waals surface area contributed by atoms with Gasteiger partial charge in [-0.05, 0) is 54.9 Å². The highest BCUT2D eigenvalue weighted by Crippen LogP contribution is 2.21. The van der Waals surface area contributed by atoms with Crippen molar-refractivity contribution < 1.29 is 0 Å². The molecule has 0 saturated carbocycles. The van der Waals surface area contributed by atoms with Crippen LogP contribution in [0.3, 0.4) is 0 Å². The van der Waals surface area contributed by atoms with E-state index >= 15 is 0 Å². The Bertz CT molecular complexity index is 384. The molecule has 1 rings (SSSR count). The lowest BCUT2D eigenvalue weighted by Crippen LogP contribution is -2.27. The Labute approximate surface area is 125 Å². The zero-order valence-corrected chi connectivity index (χ0v) is 13.9. The maximum Gasteiger partial charge on any atom is 0.0369 e. The molecule has 2 N–H and O–H groups in total. The molecule has 1 aromatic carbocycles. The fourth-order valence-electron chi connectivity index (χ4n) is 2.30. The minimum atomic E-state index is 0.629. The average Bonchev–Trinajstić information content (AvgIpc) is 2.38. The summed E-state index contributed by atoms with van der Waals surface area (Å²) in [4.78, 5) is 2.54. The van der Waals surface area contributed by atoms with Crippen LogP contribution in [0, 0.1) is 18.8 Å². The fraction of sp³-hybridized carbons (Fsp3) is 0.667. The third-order valence-electron chi connectivity index (χ3n) is 3.86. The second-order valence-corrected chi connectivity index (χ2v) is 6.67. The van der Waals surface area contributed by atoms with E-state index in [0.29, 0.717) is 6.54 Å². The molecule has 0 aliphatic rings. The SMILES string of the molecule is Cc1cc(N(CCC(C)C)CCC(C)C)ccc1CN. The van der Waals surface area contributed by atoms with Crippen LogP contribution in [0.15, 0.2) is 18.2 Å². The Balaban J connectivity index is 2.82. The summed E-state index contributed by atoms with van der Waals surface area (Å²) >= 11 is 0. The zero-order chi connectivity index (χ0) is 15.1. The van der Waals surface area contributed by atoms with Crippen LogP contribution in [0.4, 0.5) is 5.69 Å². The molecule has 2 nitrogen and oxygen atoms in total. The summed E-state index contributed by atoms with van der Waals surface area (Å²) in [7, 11) is 0. The molecule has 0 heterocycles.